The monoisotopic (exact) mass is 371 g/mol. The fourth-order valence-corrected chi connectivity index (χ4v) is 3.98. The van der Waals surface area contributed by atoms with E-state index in [9.17, 15) is 9.50 Å². The van der Waals surface area contributed by atoms with Gasteiger partial charge in [-0.15, -0.1) is 0 Å². The summed E-state index contributed by atoms with van der Waals surface area (Å²) in [7, 11) is 0. The van der Waals surface area contributed by atoms with Crippen molar-refractivity contribution in [3.8, 4) is 0 Å². The van der Waals surface area contributed by atoms with Crippen molar-refractivity contribution in [2.45, 2.75) is 58.7 Å². The van der Waals surface area contributed by atoms with Crippen molar-refractivity contribution in [2.24, 2.45) is 0 Å². The van der Waals surface area contributed by atoms with Crippen LogP contribution in [-0.2, 0) is 18.7 Å². The van der Waals surface area contributed by atoms with Gasteiger partial charge in [-0.25, -0.2) is 4.39 Å². The fraction of sp³-hybridized carbons (Fsp3) is 0.500. The minimum atomic E-state index is -0.878. The lowest BCUT2D eigenvalue weighted by atomic mass is 9.87. The summed E-state index contributed by atoms with van der Waals surface area (Å²) in [5, 5.41) is 15.8. The van der Waals surface area contributed by atoms with Gasteiger partial charge in [-0.05, 0) is 64.3 Å². The number of hydrogen-bond donors (Lipinski definition) is 1. The second-order valence-corrected chi connectivity index (χ2v) is 7.93. The maximum atomic E-state index is 13.2. The third kappa shape index (κ3) is 4.47. The van der Waals surface area contributed by atoms with Crippen LogP contribution in [0.15, 0.2) is 36.4 Å². The second kappa shape index (κ2) is 7.95. The maximum Gasteiger partial charge on any atom is 0.123 e. The molecule has 1 unspecified atom stereocenters. The zero-order valence-corrected chi connectivity index (χ0v) is 16.6. The van der Waals surface area contributed by atoms with E-state index in [4.69, 9.17) is 0 Å². The molecule has 1 aliphatic heterocycles. The van der Waals surface area contributed by atoms with E-state index in [1.54, 1.807) is 12.1 Å². The highest BCUT2D eigenvalue weighted by molar-refractivity contribution is 5.26. The number of halogens is 1. The van der Waals surface area contributed by atoms with Crippen LogP contribution in [0.25, 0.3) is 0 Å². The molecule has 0 amide bonds. The molecule has 1 aromatic carbocycles. The molecule has 2 heterocycles. The molecule has 0 aliphatic carbocycles. The van der Waals surface area contributed by atoms with Gasteiger partial charge in [0.25, 0.3) is 0 Å². The summed E-state index contributed by atoms with van der Waals surface area (Å²) in [6.45, 7) is 13.5. The predicted octanol–water partition coefficient (Wildman–Crippen LogP) is 4.09. The van der Waals surface area contributed by atoms with E-state index in [0.29, 0.717) is 12.8 Å². The molecule has 0 spiro atoms. The van der Waals surface area contributed by atoms with Crippen LogP contribution in [0.3, 0.4) is 0 Å². The van der Waals surface area contributed by atoms with Crippen LogP contribution in [0, 0.1) is 19.7 Å². The topological polar surface area (TPSA) is 41.3 Å². The third-order valence-corrected chi connectivity index (χ3v) is 5.62. The molecule has 146 valence electrons. The second-order valence-electron chi connectivity index (χ2n) is 7.93. The highest BCUT2D eigenvalue weighted by Gasteiger charge is 2.32. The minimum absolute atomic E-state index is 0.268. The molecule has 1 N–H and O–H groups in total. The van der Waals surface area contributed by atoms with E-state index in [0.717, 1.165) is 49.4 Å². The normalized spacial score (nSPS) is 21.2. The molecular weight excluding hydrogens is 341 g/mol. The Balaban J connectivity index is 1.71. The van der Waals surface area contributed by atoms with E-state index in [2.05, 4.69) is 30.4 Å². The smallest absolute Gasteiger partial charge is 0.123 e. The largest absolute Gasteiger partial charge is 0.385 e. The van der Waals surface area contributed by atoms with Crippen LogP contribution in [0.1, 0.15) is 48.7 Å². The van der Waals surface area contributed by atoms with Crippen LogP contribution in [-0.4, -0.2) is 32.9 Å². The molecule has 1 saturated heterocycles. The fourth-order valence-electron chi connectivity index (χ4n) is 3.98. The number of aliphatic hydroxyl groups is 1. The van der Waals surface area contributed by atoms with Crippen LogP contribution < -0.4 is 0 Å². The maximum absolute atomic E-state index is 13.2. The zero-order valence-electron chi connectivity index (χ0n) is 16.6. The lowest BCUT2D eigenvalue weighted by Crippen LogP contribution is -2.29. The first-order valence-corrected chi connectivity index (χ1v) is 9.66. The van der Waals surface area contributed by atoms with Crippen molar-refractivity contribution >= 4 is 0 Å². The molecular formula is C22H30FN3O. The number of aromatic nitrogens is 2. The SMILES string of the molecule is C=C(C)Cn1nc(C)c(CN2CCCC(O)(c3ccc(F)cc3)CC2)c1C. The Bertz CT molecular complexity index is 812. The number of allylic oxidation sites excluding steroid dienone is 1. The van der Waals surface area contributed by atoms with Gasteiger partial charge in [0.05, 0.1) is 17.8 Å². The Morgan fingerprint density at radius 2 is 1.93 bits per heavy atom. The third-order valence-electron chi connectivity index (χ3n) is 5.62. The van der Waals surface area contributed by atoms with Crippen molar-refractivity contribution in [1.29, 1.82) is 0 Å². The molecule has 27 heavy (non-hydrogen) atoms. The highest BCUT2D eigenvalue weighted by Crippen LogP contribution is 2.33. The summed E-state index contributed by atoms with van der Waals surface area (Å²) in [4.78, 5) is 2.39. The summed E-state index contributed by atoms with van der Waals surface area (Å²) in [5.41, 5.74) is 4.54. The highest BCUT2D eigenvalue weighted by atomic mass is 19.1. The molecule has 0 radical (unpaired) electrons. The summed E-state index contributed by atoms with van der Waals surface area (Å²) >= 11 is 0. The van der Waals surface area contributed by atoms with Crippen LogP contribution in [0.2, 0.25) is 0 Å². The van der Waals surface area contributed by atoms with E-state index in [-0.39, 0.29) is 5.82 Å². The van der Waals surface area contributed by atoms with E-state index in [1.165, 1.54) is 23.4 Å². The first-order valence-electron chi connectivity index (χ1n) is 9.66. The van der Waals surface area contributed by atoms with E-state index < -0.39 is 5.60 Å². The zero-order chi connectivity index (χ0) is 19.6. The van der Waals surface area contributed by atoms with Gasteiger partial charge in [0, 0.05) is 24.3 Å². The van der Waals surface area contributed by atoms with E-state index in [1.807, 2.05) is 11.6 Å². The number of hydrogen-bond acceptors (Lipinski definition) is 3. The lowest BCUT2D eigenvalue weighted by molar-refractivity contribution is 0.0209. The average molecular weight is 372 g/mol. The quantitative estimate of drug-likeness (QED) is 0.805. The van der Waals surface area contributed by atoms with Gasteiger partial charge in [0.15, 0.2) is 0 Å². The summed E-state index contributed by atoms with van der Waals surface area (Å²) in [6.07, 6.45) is 2.25. The first kappa shape index (κ1) is 19.8. The van der Waals surface area contributed by atoms with Crippen molar-refractivity contribution in [3.05, 3.63) is 64.7 Å². The molecule has 0 saturated carbocycles. The van der Waals surface area contributed by atoms with Gasteiger partial charge in [0.1, 0.15) is 5.82 Å². The van der Waals surface area contributed by atoms with Gasteiger partial charge in [-0.1, -0.05) is 24.3 Å². The Kier molecular flexibility index (Phi) is 5.82. The minimum Gasteiger partial charge on any atom is -0.385 e. The van der Waals surface area contributed by atoms with Gasteiger partial charge in [0.2, 0.25) is 0 Å². The Labute approximate surface area is 161 Å². The molecule has 4 nitrogen and oxygen atoms in total. The summed E-state index contributed by atoms with van der Waals surface area (Å²) < 4.78 is 15.2. The van der Waals surface area contributed by atoms with Crippen molar-refractivity contribution < 1.29 is 9.50 Å². The number of aryl methyl sites for hydroxylation is 1. The molecule has 2 aromatic rings. The molecule has 1 aliphatic rings. The Hall–Kier alpha value is -1.98. The number of likely N-dealkylation sites (tertiary alicyclic amines) is 1. The number of benzene rings is 1. The van der Waals surface area contributed by atoms with Crippen LogP contribution >= 0.6 is 0 Å². The Morgan fingerprint density at radius 1 is 1.22 bits per heavy atom. The molecule has 0 bridgehead atoms. The molecule has 5 heteroatoms. The summed E-state index contributed by atoms with van der Waals surface area (Å²) in [6, 6.07) is 6.28. The molecule has 1 atom stereocenters. The van der Waals surface area contributed by atoms with Crippen molar-refractivity contribution in [2.75, 3.05) is 13.1 Å². The van der Waals surface area contributed by atoms with Crippen molar-refractivity contribution in [1.82, 2.24) is 14.7 Å². The van der Waals surface area contributed by atoms with Gasteiger partial charge in [-0.2, -0.15) is 5.10 Å². The Morgan fingerprint density at radius 3 is 2.59 bits per heavy atom. The molecule has 3 rings (SSSR count). The average Bonchev–Trinajstić information content (AvgIpc) is 2.77. The van der Waals surface area contributed by atoms with E-state index >= 15 is 0 Å². The first-order chi connectivity index (χ1) is 12.8. The van der Waals surface area contributed by atoms with Crippen LogP contribution in [0.4, 0.5) is 4.39 Å². The van der Waals surface area contributed by atoms with Gasteiger partial charge < -0.3 is 5.11 Å². The standard InChI is InChI=1S/C22H30FN3O/c1-16(2)14-26-18(4)21(17(3)24-26)15-25-12-5-10-22(27,11-13-25)19-6-8-20(23)9-7-19/h6-9,27H,1,5,10-15H2,2-4H3. The molecule has 1 aromatic heterocycles. The van der Waals surface area contributed by atoms with Crippen LogP contribution in [0.5, 0.6) is 0 Å². The molecule has 1 fully saturated rings. The van der Waals surface area contributed by atoms with Gasteiger partial charge >= 0.3 is 0 Å². The summed E-state index contributed by atoms with van der Waals surface area (Å²) in [5.74, 6) is -0.268. The number of nitrogens with zero attached hydrogens (tertiary/aromatic N) is 3. The number of rotatable bonds is 5. The predicted molar refractivity (Wildman–Crippen MR) is 106 cm³/mol. The van der Waals surface area contributed by atoms with Gasteiger partial charge in [-0.3, -0.25) is 9.58 Å². The lowest BCUT2D eigenvalue weighted by Gasteiger charge is -2.27. The van der Waals surface area contributed by atoms with Crippen molar-refractivity contribution in [3.63, 3.8) is 0 Å².